The molecule has 0 aromatic heterocycles. The molecule has 0 radical (unpaired) electrons. The second-order valence-electron chi connectivity index (χ2n) is 17.8. The summed E-state index contributed by atoms with van der Waals surface area (Å²) in [6.07, 6.45) is 1.56. The fourth-order valence-electron chi connectivity index (χ4n) is 7.66. The van der Waals surface area contributed by atoms with Gasteiger partial charge in [0.15, 0.2) is 11.5 Å². The molecule has 0 saturated heterocycles. The number of nitrogens with one attached hydrogen (secondary N) is 2. The molecule has 13 nitrogen and oxygen atoms in total. The van der Waals surface area contributed by atoms with Gasteiger partial charge in [-0.3, -0.25) is 18.2 Å². The SMILES string of the molecule is CC(C)NC(=O)c1cccc(N(Cc2ccccc2)S(=O)(=O)c2ccc3c(c2)CCC(C)(C)O3)c1.CC(C)NC(=O)c1cccc(N(Cc2ccccc2)S(=O)(=O)c2ccc3c(c2)OCCO3)c1. The second kappa shape index (κ2) is 21.0. The van der Waals surface area contributed by atoms with Crippen molar-refractivity contribution in [2.45, 2.75) is 94.9 Å². The maximum absolute atomic E-state index is 14.0. The third-order valence-corrected chi connectivity index (χ3v) is 14.6. The highest BCUT2D eigenvalue weighted by Crippen LogP contribution is 2.37. The summed E-state index contributed by atoms with van der Waals surface area (Å²) in [5.41, 5.74) is 3.89. The van der Waals surface area contributed by atoms with Gasteiger partial charge >= 0.3 is 0 Å². The van der Waals surface area contributed by atoms with Crippen LogP contribution in [-0.2, 0) is 39.6 Å². The van der Waals surface area contributed by atoms with Gasteiger partial charge in [0.2, 0.25) is 0 Å². The number of rotatable bonds is 14. The van der Waals surface area contributed by atoms with E-state index in [2.05, 4.69) is 10.6 Å². The fourth-order valence-corrected chi connectivity index (χ4v) is 10.6. The van der Waals surface area contributed by atoms with Crippen molar-refractivity contribution in [2.24, 2.45) is 0 Å². The third-order valence-electron chi connectivity index (χ3n) is 11.1. The van der Waals surface area contributed by atoms with Crippen molar-refractivity contribution in [1.29, 1.82) is 0 Å². The number of hydrogen-bond acceptors (Lipinski definition) is 9. The van der Waals surface area contributed by atoms with Crippen LogP contribution < -0.4 is 33.5 Å². The van der Waals surface area contributed by atoms with E-state index in [1.54, 1.807) is 72.8 Å². The maximum atomic E-state index is 14.0. The molecule has 6 aromatic carbocycles. The van der Waals surface area contributed by atoms with Crippen LogP contribution in [0.3, 0.4) is 0 Å². The van der Waals surface area contributed by atoms with Crippen molar-refractivity contribution in [3.05, 3.63) is 173 Å². The van der Waals surface area contributed by atoms with Gasteiger partial charge in [-0.1, -0.05) is 72.8 Å². The monoisotopic (exact) mass is 958 g/mol. The highest BCUT2D eigenvalue weighted by molar-refractivity contribution is 7.93. The summed E-state index contributed by atoms with van der Waals surface area (Å²) in [4.78, 5) is 25.5. The molecule has 0 spiro atoms. The molecule has 6 aromatic rings. The van der Waals surface area contributed by atoms with Crippen molar-refractivity contribution in [1.82, 2.24) is 10.6 Å². The van der Waals surface area contributed by atoms with Gasteiger partial charge in [0.1, 0.15) is 24.6 Å². The number of anilines is 2. The summed E-state index contributed by atoms with van der Waals surface area (Å²) in [7, 11) is -7.92. The number of amides is 2. The standard InChI is InChI=1S/C28H32N2O4S.C25H26N2O5S/c1-20(2)29-27(31)23-11-8-12-24(17-23)30(19-21-9-6-5-7-10-21)35(32,33)25-13-14-26-22(18-25)15-16-28(3,4)34-26;1-18(2)26-25(28)20-9-6-10-21(15-20)27(17-19-7-4-3-5-8-19)33(29,30)22-11-12-23-24(16-22)32-14-13-31-23/h5-14,17-18,20H,15-16,19H2,1-4H3,(H,29,31);3-12,15-16,18H,13-14,17H2,1-2H3,(H,26,28). The van der Waals surface area contributed by atoms with E-state index < -0.39 is 20.0 Å². The van der Waals surface area contributed by atoms with Crippen LogP contribution in [0.15, 0.2) is 155 Å². The Labute approximate surface area is 400 Å². The Hall–Kier alpha value is -6.84. The van der Waals surface area contributed by atoms with Gasteiger partial charge in [-0.15, -0.1) is 0 Å². The summed E-state index contributed by atoms with van der Waals surface area (Å²) < 4.78 is 75.4. The lowest BCUT2D eigenvalue weighted by Crippen LogP contribution is -2.34. The summed E-state index contributed by atoms with van der Waals surface area (Å²) in [6, 6.07) is 41.7. The number of nitrogens with zero attached hydrogens (tertiary/aromatic N) is 2. The molecular formula is C53H58N4O9S2. The molecule has 2 heterocycles. The van der Waals surface area contributed by atoms with E-state index in [0.717, 1.165) is 35.3 Å². The Bertz CT molecular complexity index is 2960. The van der Waals surface area contributed by atoms with Crippen molar-refractivity contribution < 1.29 is 40.6 Å². The van der Waals surface area contributed by atoms with Gasteiger partial charge in [-0.05, 0) is 138 Å². The summed E-state index contributed by atoms with van der Waals surface area (Å²) >= 11 is 0. The normalized spacial score (nSPS) is 13.8. The first-order chi connectivity index (χ1) is 32.4. The van der Waals surface area contributed by atoms with E-state index in [-0.39, 0.29) is 52.4 Å². The lowest BCUT2D eigenvalue weighted by atomic mass is 9.94. The molecule has 8 rings (SSSR count). The first kappa shape index (κ1) is 49.1. The smallest absolute Gasteiger partial charge is 0.264 e. The Morgan fingerprint density at radius 1 is 0.559 bits per heavy atom. The van der Waals surface area contributed by atoms with E-state index in [4.69, 9.17) is 14.2 Å². The van der Waals surface area contributed by atoms with E-state index in [1.165, 1.54) is 20.7 Å². The zero-order valence-electron chi connectivity index (χ0n) is 39.1. The van der Waals surface area contributed by atoms with Crippen LogP contribution in [0.25, 0.3) is 0 Å². The minimum atomic E-state index is -3.99. The Kier molecular flexibility index (Phi) is 15.1. The molecule has 15 heteroatoms. The molecule has 0 unspecified atom stereocenters. The Morgan fingerprint density at radius 2 is 1.01 bits per heavy atom. The minimum Gasteiger partial charge on any atom is -0.488 e. The minimum absolute atomic E-state index is 0.0296. The Morgan fingerprint density at radius 3 is 1.50 bits per heavy atom. The largest absolute Gasteiger partial charge is 0.488 e. The molecule has 0 saturated carbocycles. The van der Waals surface area contributed by atoms with Gasteiger partial charge in [0.25, 0.3) is 31.9 Å². The van der Waals surface area contributed by atoms with Crippen LogP contribution in [0, 0.1) is 0 Å². The van der Waals surface area contributed by atoms with Gasteiger partial charge in [0, 0.05) is 29.3 Å². The molecule has 0 aliphatic carbocycles. The van der Waals surface area contributed by atoms with Gasteiger partial charge in [-0.2, -0.15) is 0 Å². The number of fused-ring (bicyclic) bond motifs is 2. The van der Waals surface area contributed by atoms with Gasteiger partial charge < -0.3 is 24.8 Å². The van der Waals surface area contributed by atoms with Gasteiger partial charge in [0.05, 0.1) is 34.3 Å². The zero-order chi connectivity index (χ0) is 48.6. The molecule has 2 amide bonds. The fraction of sp³-hybridized carbons (Fsp3) is 0.283. The quantitative estimate of drug-likeness (QED) is 0.108. The van der Waals surface area contributed by atoms with Crippen LogP contribution in [0.5, 0.6) is 17.2 Å². The highest BCUT2D eigenvalue weighted by atomic mass is 32.2. The average Bonchev–Trinajstić information content (AvgIpc) is 3.32. The molecule has 0 fully saturated rings. The number of sulfonamides is 2. The topological polar surface area (TPSA) is 161 Å². The molecule has 0 bridgehead atoms. The summed E-state index contributed by atoms with van der Waals surface area (Å²) in [5, 5.41) is 5.71. The number of benzene rings is 6. The van der Waals surface area contributed by atoms with Crippen molar-refractivity contribution in [2.75, 3.05) is 21.8 Å². The van der Waals surface area contributed by atoms with Crippen LogP contribution in [-0.4, -0.2) is 59.5 Å². The maximum Gasteiger partial charge on any atom is 0.264 e. The number of carbonyl (C=O) groups is 2. The lowest BCUT2D eigenvalue weighted by Gasteiger charge is -2.33. The molecule has 68 heavy (non-hydrogen) atoms. The predicted molar refractivity (Wildman–Crippen MR) is 265 cm³/mol. The predicted octanol–water partition coefficient (Wildman–Crippen LogP) is 9.32. The lowest BCUT2D eigenvalue weighted by molar-refractivity contribution is 0.0845. The molecule has 2 aliphatic rings. The second-order valence-corrected chi connectivity index (χ2v) is 21.5. The first-order valence-corrected chi connectivity index (χ1v) is 25.4. The molecule has 0 atom stereocenters. The van der Waals surface area contributed by atoms with E-state index in [1.807, 2.05) is 102 Å². The number of ether oxygens (including phenoxy) is 3. The third kappa shape index (κ3) is 12.0. The van der Waals surface area contributed by atoms with E-state index in [0.29, 0.717) is 47.2 Å². The van der Waals surface area contributed by atoms with Crippen LogP contribution in [0.1, 0.15) is 85.4 Å². The zero-order valence-corrected chi connectivity index (χ0v) is 40.8. The molecule has 356 valence electrons. The molecular weight excluding hydrogens is 901 g/mol. The molecule has 2 aliphatic heterocycles. The van der Waals surface area contributed by atoms with E-state index in [9.17, 15) is 26.4 Å². The number of aryl methyl sites for hydroxylation is 1. The van der Waals surface area contributed by atoms with Crippen LogP contribution in [0.4, 0.5) is 11.4 Å². The summed E-state index contributed by atoms with van der Waals surface area (Å²) in [5.74, 6) is 1.13. The Balaban J connectivity index is 0.000000202. The van der Waals surface area contributed by atoms with Crippen LogP contribution >= 0.6 is 0 Å². The first-order valence-electron chi connectivity index (χ1n) is 22.6. The number of hydrogen-bond donors (Lipinski definition) is 2. The number of carbonyl (C=O) groups excluding carboxylic acids is 2. The van der Waals surface area contributed by atoms with E-state index >= 15 is 0 Å². The summed E-state index contributed by atoms with van der Waals surface area (Å²) in [6.45, 7) is 12.6. The van der Waals surface area contributed by atoms with Crippen molar-refractivity contribution in [3.63, 3.8) is 0 Å². The van der Waals surface area contributed by atoms with Crippen LogP contribution in [0.2, 0.25) is 0 Å². The molecule has 2 N–H and O–H groups in total. The van der Waals surface area contributed by atoms with Gasteiger partial charge in [-0.25, -0.2) is 16.8 Å². The van der Waals surface area contributed by atoms with Crippen molar-refractivity contribution in [3.8, 4) is 17.2 Å². The average molecular weight is 959 g/mol. The van der Waals surface area contributed by atoms with Crippen molar-refractivity contribution >= 4 is 43.2 Å². The highest BCUT2D eigenvalue weighted by Gasteiger charge is 2.32.